The lowest BCUT2D eigenvalue weighted by molar-refractivity contribution is 0.0436. The van der Waals surface area contributed by atoms with E-state index in [-0.39, 0.29) is 6.10 Å². The van der Waals surface area contributed by atoms with Crippen LogP contribution in [0.1, 0.15) is 32.1 Å². The molecule has 1 rings (SSSR count). The highest BCUT2D eigenvalue weighted by atomic mass is 16.5. The van der Waals surface area contributed by atoms with Gasteiger partial charge < -0.3 is 4.74 Å². The van der Waals surface area contributed by atoms with Gasteiger partial charge in [0.2, 0.25) is 6.08 Å². The van der Waals surface area contributed by atoms with Crippen LogP contribution >= 0.6 is 0 Å². The van der Waals surface area contributed by atoms with E-state index in [1.165, 1.54) is 32.1 Å². The topological polar surface area (TPSA) is 38.7 Å². The second kappa shape index (κ2) is 5.90. The summed E-state index contributed by atoms with van der Waals surface area (Å²) in [6, 6.07) is 0. The van der Waals surface area contributed by atoms with Crippen molar-refractivity contribution in [1.29, 1.82) is 0 Å². The van der Waals surface area contributed by atoms with Crippen molar-refractivity contribution in [1.82, 2.24) is 0 Å². The molecule has 1 aliphatic rings. The van der Waals surface area contributed by atoms with Gasteiger partial charge in [-0.1, -0.05) is 19.3 Å². The molecule has 3 nitrogen and oxygen atoms in total. The third-order valence-corrected chi connectivity index (χ3v) is 2.81. The van der Waals surface area contributed by atoms with Crippen LogP contribution in [0, 0.1) is 5.92 Å². The van der Waals surface area contributed by atoms with Crippen LogP contribution in [-0.4, -0.2) is 25.8 Å². The normalized spacial score (nSPS) is 20.7. The van der Waals surface area contributed by atoms with Crippen LogP contribution in [0.3, 0.4) is 0 Å². The standard InChI is InChI=1S/C10H17NO2/c1-13-10(7-11-8-12)9-5-3-2-4-6-9/h9-10H,2-7H2,1H3. The van der Waals surface area contributed by atoms with Gasteiger partial charge in [0.05, 0.1) is 12.6 Å². The van der Waals surface area contributed by atoms with Gasteiger partial charge in [-0.15, -0.1) is 0 Å². The predicted octanol–water partition coefficient (Wildman–Crippen LogP) is 1.92. The molecule has 0 aromatic heterocycles. The lowest BCUT2D eigenvalue weighted by atomic mass is 9.85. The van der Waals surface area contributed by atoms with E-state index in [9.17, 15) is 4.79 Å². The highest BCUT2D eigenvalue weighted by molar-refractivity contribution is 5.32. The molecule has 1 aliphatic carbocycles. The van der Waals surface area contributed by atoms with Crippen LogP contribution in [0.5, 0.6) is 0 Å². The molecular weight excluding hydrogens is 166 g/mol. The SMILES string of the molecule is COC(CN=C=O)C1CCCCC1. The van der Waals surface area contributed by atoms with Crippen molar-refractivity contribution in [2.24, 2.45) is 10.9 Å². The van der Waals surface area contributed by atoms with Gasteiger partial charge in [-0.3, -0.25) is 0 Å². The van der Waals surface area contributed by atoms with E-state index in [4.69, 9.17) is 4.74 Å². The van der Waals surface area contributed by atoms with Crippen molar-refractivity contribution in [2.45, 2.75) is 38.2 Å². The first-order valence-electron chi connectivity index (χ1n) is 4.95. The number of hydrogen-bond acceptors (Lipinski definition) is 3. The molecule has 3 heteroatoms. The summed E-state index contributed by atoms with van der Waals surface area (Å²) in [6.45, 7) is 0.477. The Kier molecular flexibility index (Phi) is 4.73. The van der Waals surface area contributed by atoms with E-state index in [1.807, 2.05) is 0 Å². The number of isocyanates is 1. The number of ether oxygens (including phenoxy) is 1. The number of methoxy groups -OCH3 is 1. The number of hydrogen-bond donors (Lipinski definition) is 0. The highest BCUT2D eigenvalue weighted by Gasteiger charge is 2.22. The van der Waals surface area contributed by atoms with Crippen LogP contribution < -0.4 is 0 Å². The van der Waals surface area contributed by atoms with Gasteiger partial charge in [0, 0.05) is 7.11 Å². The molecule has 13 heavy (non-hydrogen) atoms. The van der Waals surface area contributed by atoms with Gasteiger partial charge in [-0.05, 0) is 18.8 Å². The summed E-state index contributed by atoms with van der Waals surface area (Å²) in [5.41, 5.74) is 0. The molecule has 0 aromatic carbocycles. The molecule has 0 N–H and O–H groups in total. The molecule has 0 heterocycles. The second-order valence-electron chi connectivity index (χ2n) is 3.60. The monoisotopic (exact) mass is 183 g/mol. The predicted molar refractivity (Wildman–Crippen MR) is 50.4 cm³/mol. The molecule has 0 saturated heterocycles. The van der Waals surface area contributed by atoms with E-state index in [2.05, 4.69) is 4.99 Å². The fraction of sp³-hybridized carbons (Fsp3) is 0.900. The molecule has 1 saturated carbocycles. The lowest BCUT2D eigenvalue weighted by Gasteiger charge is -2.27. The maximum absolute atomic E-state index is 9.96. The number of nitrogens with zero attached hydrogens (tertiary/aromatic N) is 1. The molecule has 0 aliphatic heterocycles. The zero-order valence-corrected chi connectivity index (χ0v) is 8.16. The largest absolute Gasteiger partial charge is 0.379 e. The van der Waals surface area contributed by atoms with Gasteiger partial charge >= 0.3 is 0 Å². The minimum absolute atomic E-state index is 0.127. The molecule has 1 atom stereocenters. The van der Waals surface area contributed by atoms with Gasteiger partial charge in [0.15, 0.2) is 0 Å². The van der Waals surface area contributed by atoms with Gasteiger partial charge in [0.1, 0.15) is 0 Å². The molecule has 74 valence electrons. The Balaban J connectivity index is 2.38. The van der Waals surface area contributed by atoms with Crippen molar-refractivity contribution in [3.05, 3.63) is 0 Å². The average molecular weight is 183 g/mol. The molecule has 0 radical (unpaired) electrons. The first kappa shape index (κ1) is 10.4. The number of rotatable bonds is 4. The zero-order chi connectivity index (χ0) is 9.52. The molecule has 1 unspecified atom stereocenters. The Labute approximate surface area is 79.2 Å². The van der Waals surface area contributed by atoms with Gasteiger partial charge in [0.25, 0.3) is 0 Å². The Morgan fingerprint density at radius 1 is 1.46 bits per heavy atom. The molecule has 1 fully saturated rings. The van der Waals surface area contributed by atoms with E-state index in [1.54, 1.807) is 13.2 Å². The Bertz CT molecular complexity index is 181. The maximum Gasteiger partial charge on any atom is 0.235 e. The smallest absolute Gasteiger partial charge is 0.235 e. The lowest BCUT2D eigenvalue weighted by Crippen LogP contribution is -2.27. The molecule has 0 aromatic rings. The fourth-order valence-corrected chi connectivity index (χ4v) is 2.05. The third-order valence-electron chi connectivity index (χ3n) is 2.81. The summed E-state index contributed by atoms with van der Waals surface area (Å²) >= 11 is 0. The maximum atomic E-state index is 9.96. The van der Waals surface area contributed by atoms with Crippen molar-refractivity contribution in [3.63, 3.8) is 0 Å². The summed E-state index contributed by atoms with van der Waals surface area (Å²) in [7, 11) is 1.69. The minimum Gasteiger partial charge on any atom is -0.379 e. The number of carbonyl (C=O) groups excluding carboxylic acids is 1. The zero-order valence-electron chi connectivity index (χ0n) is 8.16. The Morgan fingerprint density at radius 2 is 2.15 bits per heavy atom. The molecular formula is C10H17NO2. The number of aliphatic imine (C=N–C) groups is 1. The van der Waals surface area contributed by atoms with Crippen LogP contribution in [0.25, 0.3) is 0 Å². The summed E-state index contributed by atoms with van der Waals surface area (Å²) in [4.78, 5) is 13.5. The molecule has 0 spiro atoms. The van der Waals surface area contributed by atoms with Gasteiger partial charge in [-0.2, -0.15) is 0 Å². The Morgan fingerprint density at radius 3 is 2.69 bits per heavy atom. The minimum atomic E-state index is 0.127. The Hall–Kier alpha value is -0.660. The summed E-state index contributed by atoms with van der Waals surface area (Å²) in [5, 5.41) is 0. The fourth-order valence-electron chi connectivity index (χ4n) is 2.05. The van der Waals surface area contributed by atoms with Crippen LogP contribution in [0.4, 0.5) is 0 Å². The summed E-state index contributed by atoms with van der Waals surface area (Å²) < 4.78 is 5.32. The van der Waals surface area contributed by atoms with Crippen molar-refractivity contribution < 1.29 is 9.53 Å². The van der Waals surface area contributed by atoms with E-state index in [0.717, 1.165) is 0 Å². The van der Waals surface area contributed by atoms with Crippen molar-refractivity contribution in [3.8, 4) is 0 Å². The van der Waals surface area contributed by atoms with Crippen molar-refractivity contribution in [2.75, 3.05) is 13.7 Å². The molecule has 0 bridgehead atoms. The van der Waals surface area contributed by atoms with Crippen LogP contribution in [0.15, 0.2) is 4.99 Å². The second-order valence-corrected chi connectivity index (χ2v) is 3.60. The summed E-state index contributed by atoms with van der Waals surface area (Å²) in [5.74, 6) is 0.593. The van der Waals surface area contributed by atoms with Crippen molar-refractivity contribution >= 4 is 6.08 Å². The quantitative estimate of drug-likeness (QED) is 0.493. The first-order valence-corrected chi connectivity index (χ1v) is 4.95. The third kappa shape index (κ3) is 3.29. The van der Waals surface area contributed by atoms with Crippen LogP contribution in [-0.2, 0) is 9.53 Å². The summed E-state index contributed by atoms with van der Waals surface area (Å²) in [6.07, 6.45) is 8.03. The van der Waals surface area contributed by atoms with Gasteiger partial charge in [-0.25, -0.2) is 9.79 Å². The highest BCUT2D eigenvalue weighted by Crippen LogP contribution is 2.27. The van der Waals surface area contributed by atoms with E-state index < -0.39 is 0 Å². The first-order chi connectivity index (χ1) is 6.38. The van der Waals surface area contributed by atoms with E-state index in [0.29, 0.717) is 12.5 Å². The molecule has 0 amide bonds. The van der Waals surface area contributed by atoms with Crippen LogP contribution in [0.2, 0.25) is 0 Å². The van der Waals surface area contributed by atoms with E-state index >= 15 is 0 Å². The average Bonchev–Trinajstić information content (AvgIpc) is 2.21.